The van der Waals surface area contributed by atoms with Crippen molar-refractivity contribution in [1.82, 2.24) is 5.32 Å². The van der Waals surface area contributed by atoms with Crippen molar-refractivity contribution in [3.8, 4) is 0 Å². The van der Waals surface area contributed by atoms with E-state index in [1.165, 1.54) is 32.1 Å². The lowest BCUT2D eigenvalue weighted by Crippen LogP contribution is -2.31. The second-order valence-electron chi connectivity index (χ2n) is 6.08. The fourth-order valence-electron chi connectivity index (χ4n) is 2.83. The van der Waals surface area contributed by atoms with Crippen LogP contribution in [0.4, 0.5) is 10.1 Å². The van der Waals surface area contributed by atoms with Crippen molar-refractivity contribution in [3.05, 3.63) is 29.6 Å². The van der Waals surface area contributed by atoms with Crippen LogP contribution in [-0.4, -0.2) is 19.6 Å². The first-order valence-corrected chi connectivity index (χ1v) is 7.46. The third-order valence-corrected chi connectivity index (χ3v) is 4.37. The van der Waals surface area contributed by atoms with Crippen LogP contribution in [0.2, 0.25) is 0 Å². The summed E-state index contributed by atoms with van der Waals surface area (Å²) in [6, 6.07) is 6.10. The topological polar surface area (TPSA) is 15.3 Å². The van der Waals surface area contributed by atoms with Crippen molar-refractivity contribution in [3.63, 3.8) is 0 Å². The predicted molar refractivity (Wildman–Crippen MR) is 76.9 cm³/mol. The summed E-state index contributed by atoms with van der Waals surface area (Å²) in [6.07, 6.45) is 6.47. The van der Waals surface area contributed by atoms with Crippen molar-refractivity contribution in [2.24, 2.45) is 5.92 Å². The highest BCUT2D eigenvalue weighted by Crippen LogP contribution is 2.31. The second kappa shape index (κ2) is 5.49. The van der Waals surface area contributed by atoms with E-state index in [4.69, 9.17) is 0 Å². The largest absolute Gasteiger partial charge is 0.372 e. The molecule has 2 aliphatic carbocycles. The van der Waals surface area contributed by atoms with Gasteiger partial charge in [0.05, 0.1) is 5.69 Å². The van der Waals surface area contributed by atoms with Crippen molar-refractivity contribution >= 4 is 5.69 Å². The van der Waals surface area contributed by atoms with Gasteiger partial charge >= 0.3 is 0 Å². The number of anilines is 1. The summed E-state index contributed by atoms with van der Waals surface area (Å²) in [5, 5.41) is 3.48. The molecule has 1 aromatic carbocycles. The molecule has 2 nitrogen and oxygen atoms in total. The van der Waals surface area contributed by atoms with Gasteiger partial charge in [-0.2, -0.15) is 0 Å². The Hall–Kier alpha value is -1.09. The fourth-order valence-corrected chi connectivity index (χ4v) is 2.83. The van der Waals surface area contributed by atoms with Gasteiger partial charge in [-0.3, -0.25) is 0 Å². The van der Waals surface area contributed by atoms with Crippen LogP contribution < -0.4 is 10.2 Å². The average Bonchev–Trinajstić information content (AvgIpc) is 3.15. The molecule has 0 unspecified atom stereocenters. The minimum atomic E-state index is -0.0862. The SMILES string of the molecule is CN(CC1CCC1)c1c(F)cccc1CNC1CC1. The van der Waals surface area contributed by atoms with E-state index in [1.807, 2.05) is 19.2 Å². The van der Waals surface area contributed by atoms with Crippen LogP contribution >= 0.6 is 0 Å². The van der Waals surface area contributed by atoms with E-state index >= 15 is 0 Å². The zero-order chi connectivity index (χ0) is 13.2. The van der Waals surface area contributed by atoms with E-state index in [1.54, 1.807) is 6.07 Å². The molecule has 3 heteroatoms. The number of halogens is 1. The van der Waals surface area contributed by atoms with Gasteiger partial charge in [-0.25, -0.2) is 4.39 Å². The minimum Gasteiger partial charge on any atom is -0.372 e. The summed E-state index contributed by atoms with van der Waals surface area (Å²) < 4.78 is 14.1. The Labute approximate surface area is 115 Å². The number of nitrogens with zero attached hydrogens (tertiary/aromatic N) is 1. The van der Waals surface area contributed by atoms with Gasteiger partial charge in [0.1, 0.15) is 5.82 Å². The molecule has 0 aromatic heterocycles. The Kier molecular flexibility index (Phi) is 3.74. The number of hydrogen-bond donors (Lipinski definition) is 1. The maximum absolute atomic E-state index is 14.1. The predicted octanol–water partition coefficient (Wildman–Crippen LogP) is 3.31. The number of nitrogens with one attached hydrogen (secondary N) is 1. The first kappa shape index (κ1) is 12.9. The van der Waals surface area contributed by atoms with Crippen LogP contribution in [0.15, 0.2) is 18.2 Å². The van der Waals surface area contributed by atoms with Gasteiger partial charge in [-0.05, 0) is 43.2 Å². The van der Waals surface area contributed by atoms with Gasteiger partial charge in [-0.15, -0.1) is 0 Å². The molecule has 1 aromatic rings. The maximum Gasteiger partial charge on any atom is 0.146 e. The molecule has 2 fully saturated rings. The second-order valence-corrected chi connectivity index (χ2v) is 6.08. The first-order valence-electron chi connectivity index (χ1n) is 7.46. The van der Waals surface area contributed by atoms with Crippen LogP contribution in [0.3, 0.4) is 0 Å². The highest BCUT2D eigenvalue weighted by molar-refractivity contribution is 5.54. The van der Waals surface area contributed by atoms with E-state index < -0.39 is 0 Å². The molecule has 2 saturated carbocycles. The van der Waals surface area contributed by atoms with E-state index in [0.717, 1.165) is 30.3 Å². The molecule has 0 aliphatic heterocycles. The smallest absolute Gasteiger partial charge is 0.146 e. The molecule has 0 spiro atoms. The van der Waals surface area contributed by atoms with Crippen LogP contribution in [-0.2, 0) is 6.54 Å². The highest BCUT2D eigenvalue weighted by Gasteiger charge is 2.23. The molecule has 0 radical (unpaired) electrons. The van der Waals surface area contributed by atoms with Gasteiger partial charge in [0, 0.05) is 26.2 Å². The molecule has 1 N–H and O–H groups in total. The van der Waals surface area contributed by atoms with Gasteiger partial charge in [0.25, 0.3) is 0 Å². The summed E-state index contributed by atoms with van der Waals surface area (Å²) in [4.78, 5) is 2.11. The summed E-state index contributed by atoms with van der Waals surface area (Å²) in [5.41, 5.74) is 1.89. The molecule has 0 heterocycles. The average molecular weight is 262 g/mol. The summed E-state index contributed by atoms with van der Waals surface area (Å²) >= 11 is 0. The van der Waals surface area contributed by atoms with Crippen molar-refractivity contribution in [1.29, 1.82) is 0 Å². The lowest BCUT2D eigenvalue weighted by Gasteiger charge is -2.32. The molecule has 104 valence electrons. The zero-order valence-corrected chi connectivity index (χ0v) is 11.7. The van der Waals surface area contributed by atoms with E-state index in [9.17, 15) is 4.39 Å². The van der Waals surface area contributed by atoms with Crippen LogP contribution in [0.25, 0.3) is 0 Å². The molecule has 2 aliphatic rings. The normalized spacial score (nSPS) is 19.3. The van der Waals surface area contributed by atoms with Gasteiger partial charge in [-0.1, -0.05) is 18.6 Å². The quantitative estimate of drug-likeness (QED) is 0.846. The van der Waals surface area contributed by atoms with E-state index in [2.05, 4.69) is 10.2 Å². The van der Waals surface area contributed by atoms with E-state index in [0.29, 0.717) is 6.04 Å². The van der Waals surface area contributed by atoms with E-state index in [-0.39, 0.29) is 5.82 Å². The maximum atomic E-state index is 14.1. The molecular formula is C16H23FN2. The minimum absolute atomic E-state index is 0.0862. The van der Waals surface area contributed by atoms with Gasteiger partial charge in [0.2, 0.25) is 0 Å². The van der Waals surface area contributed by atoms with Crippen molar-refractivity contribution < 1.29 is 4.39 Å². The third kappa shape index (κ3) is 3.08. The summed E-state index contributed by atoms with van der Waals surface area (Å²) in [5.74, 6) is 0.672. The Bertz CT molecular complexity index is 438. The molecule has 0 saturated heterocycles. The zero-order valence-electron chi connectivity index (χ0n) is 11.7. The highest BCUT2D eigenvalue weighted by atomic mass is 19.1. The fraction of sp³-hybridized carbons (Fsp3) is 0.625. The number of para-hydroxylation sites is 1. The summed E-state index contributed by atoms with van der Waals surface area (Å²) in [6.45, 7) is 1.77. The third-order valence-electron chi connectivity index (χ3n) is 4.37. The monoisotopic (exact) mass is 262 g/mol. The lowest BCUT2D eigenvalue weighted by molar-refractivity contribution is 0.320. The van der Waals surface area contributed by atoms with Gasteiger partial charge < -0.3 is 10.2 Å². The van der Waals surface area contributed by atoms with Crippen LogP contribution in [0, 0.1) is 11.7 Å². The molecular weight excluding hydrogens is 239 g/mol. The first-order chi connectivity index (χ1) is 9.24. The number of benzene rings is 1. The molecule has 0 bridgehead atoms. The molecule has 0 amide bonds. The molecule has 0 atom stereocenters. The Balaban J connectivity index is 1.71. The van der Waals surface area contributed by atoms with Crippen LogP contribution in [0.5, 0.6) is 0 Å². The van der Waals surface area contributed by atoms with Crippen molar-refractivity contribution in [2.75, 3.05) is 18.5 Å². The Morgan fingerprint density at radius 2 is 2.05 bits per heavy atom. The van der Waals surface area contributed by atoms with Crippen molar-refractivity contribution in [2.45, 2.75) is 44.7 Å². The molecule has 3 rings (SSSR count). The van der Waals surface area contributed by atoms with Crippen LogP contribution in [0.1, 0.15) is 37.7 Å². The Morgan fingerprint density at radius 1 is 1.26 bits per heavy atom. The number of hydrogen-bond acceptors (Lipinski definition) is 2. The number of rotatable bonds is 6. The molecule has 19 heavy (non-hydrogen) atoms. The summed E-state index contributed by atoms with van der Waals surface area (Å²) in [7, 11) is 2.03. The lowest BCUT2D eigenvalue weighted by atomic mass is 9.85. The Morgan fingerprint density at radius 3 is 2.68 bits per heavy atom. The standard InChI is InChI=1S/C16H23FN2/c1-19(11-12-4-2-5-12)16-13(6-3-7-15(16)17)10-18-14-8-9-14/h3,6-7,12,14,18H,2,4-5,8-11H2,1H3. The van der Waals surface area contributed by atoms with Gasteiger partial charge in [0.15, 0.2) is 0 Å².